The van der Waals surface area contributed by atoms with Crippen LogP contribution >= 0.6 is 11.6 Å². The van der Waals surface area contributed by atoms with Gasteiger partial charge in [0, 0.05) is 49.5 Å². The third-order valence-corrected chi connectivity index (χ3v) is 5.05. The molecule has 1 aliphatic heterocycles. The van der Waals surface area contributed by atoms with E-state index in [2.05, 4.69) is 16.3 Å². The van der Waals surface area contributed by atoms with Crippen molar-refractivity contribution in [1.29, 1.82) is 0 Å². The molecule has 4 rings (SSSR count). The van der Waals surface area contributed by atoms with Gasteiger partial charge >= 0.3 is 0 Å². The summed E-state index contributed by atoms with van der Waals surface area (Å²) < 4.78 is 1.60. The fraction of sp³-hybridized carbons (Fsp3) is 0.300. The second-order valence-electron chi connectivity index (χ2n) is 6.77. The van der Waals surface area contributed by atoms with E-state index < -0.39 is 0 Å². The van der Waals surface area contributed by atoms with Crippen LogP contribution in [0.15, 0.2) is 53.5 Å². The Labute approximate surface area is 157 Å². The van der Waals surface area contributed by atoms with E-state index in [-0.39, 0.29) is 11.6 Å². The number of nitrogens with zero attached hydrogens (tertiary/aromatic N) is 3. The van der Waals surface area contributed by atoms with Crippen molar-refractivity contribution in [3.05, 3.63) is 80.9 Å². The van der Waals surface area contributed by atoms with Crippen LogP contribution in [0.3, 0.4) is 0 Å². The highest BCUT2D eigenvalue weighted by molar-refractivity contribution is 6.30. The van der Waals surface area contributed by atoms with E-state index in [1.54, 1.807) is 10.5 Å². The average molecular weight is 369 g/mol. The second-order valence-corrected chi connectivity index (χ2v) is 7.20. The molecule has 0 aliphatic carbocycles. The molecule has 1 N–H and O–H groups in total. The second kappa shape index (κ2) is 7.19. The van der Waals surface area contributed by atoms with E-state index in [1.165, 1.54) is 5.56 Å². The first-order valence-electron chi connectivity index (χ1n) is 8.79. The fourth-order valence-electron chi connectivity index (χ4n) is 3.53. The van der Waals surface area contributed by atoms with Gasteiger partial charge in [-0.05, 0) is 36.2 Å². The third kappa shape index (κ3) is 3.51. The van der Waals surface area contributed by atoms with E-state index >= 15 is 0 Å². The third-order valence-electron chi connectivity index (χ3n) is 4.81. The number of piperazine rings is 1. The van der Waals surface area contributed by atoms with Crippen molar-refractivity contribution < 1.29 is 0 Å². The normalized spacial score (nSPS) is 18.3. The Hall–Kier alpha value is -2.21. The summed E-state index contributed by atoms with van der Waals surface area (Å²) in [6.45, 7) is 5.27. The molecule has 0 amide bonds. The molecule has 2 aromatic heterocycles. The van der Waals surface area contributed by atoms with Crippen molar-refractivity contribution in [2.24, 2.45) is 0 Å². The van der Waals surface area contributed by atoms with E-state index in [9.17, 15) is 4.79 Å². The minimum absolute atomic E-state index is 0.0388. The van der Waals surface area contributed by atoms with Crippen LogP contribution in [-0.4, -0.2) is 33.9 Å². The smallest absolute Gasteiger partial charge is 0.258 e. The zero-order valence-electron chi connectivity index (χ0n) is 14.7. The van der Waals surface area contributed by atoms with Gasteiger partial charge in [0.1, 0.15) is 5.65 Å². The van der Waals surface area contributed by atoms with Gasteiger partial charge in [-0.2, -0.15) is 0 Å². The van der Waals surface area contributed by atoms with Gasteiger partial charge in [0.15, 0.2) is 0 Å². The predicted molar refractivity (Wildman–Crippen MR) is 104 cm³/mol. The number of fused-ring (bicyclic) bond motifs is 1. The Morgan fingerprint density at radius 1 is 1.27 bits per heavy atom. The lowest BCUT2D eigenvalue weighted by Gasteiger charge is -2.36. The van der Waals surface area contributed by atoms with E-state index in [1.807, 2.05) is 43.5 Å². The summed E-state index contributed by atoms with van der Waals surface area (Å²) in [6, 6.07) is 13.7. The molecule has 0 radical (unpaired) electrons. The Morgan fingerprint density at radius 3 is 3.00 bits per heavy atom. The van der Waals surface area contributed by atoms with Crippen molar-refractivity contribution in [3.8, 4) is 0 Å². The van der Waals surface area contributed by atoms with Gasteiger partial charge in [0.2, 0.25) is 0 Å². The molecule has 5 nitrogen and oxygen atoms in total. The number of hydrogen-bond donors (Lipinski definition) is 1. The van der Waals surface area contributed by atoms with Crippen molar-refractivity contribution in [1.82, 2.24) is 19.6 Å². The number of aromatic nitrogens is 2. The predicted octanol–water partition coefficient (Wildman–Crippen LogP) is 2.80. The van der Waals surface area contributed by atoms with Crippen molar-refractivity contribution in [3.63, 3.8) is 0 Å². The zero-order valence-corrected chi connectivity index (χ0v) is 15.4. The molecule has 0 spiro atoms. The fourth-order valence-corrected chi connectivity index (χ4v) is 3.72. The Bertz CT molecular complexity index is 1000. The molecular weight excluding hydrogens is 348 g/mol. The molecule has 0 saturated carbocycles. The van der Waals surface area contributed by atoms with Gasteiger partial charge in [0.05, 0.1) is 5.69 Å². The number of hydrogen-bond acceptors (Lipinski definition) is 4. The first kappa shape index (κ1) is 17.2. The van der Waals surface area contributed by atoms with Crippen LogP contribution in [0.25, 0.3) is 5.65 Å². The number of nitrogens with one attached hydrogen (secondary N) is 1. The van der Waals surface area contributed by atoms with Gasteiger partial charge in [-0.3, -0.25) is 14.1 Å². The lowest BCUT2D eigenvalue weighted by Crippen LogP contribution is -2.45. The molecule has 134 valence electrons. The maximum absolute atomic E-state index is 12.5. The zero-order chi connectivity index (χ0) is 18.1. The SMILES string of the molecule is Cc1ccc2nc(CN3CCNCC3c3cccc(Cl)c3)cc(=O)n2c1. The highest BCUT2D eigenvalue weighted by Crippen LogP contribution is 2.25. The first-order chi connectivity index (χ1) is 12.6. The molecule has 3 aromatic rings. The summed E-state index contributed by atoms with van der Waals surface area (Å²) in [5.41, 5.74) is 3.67. The van der Waals surface area contributed by atoms with Crippen LogP contribution in [-0.2, 0) is 6.54 Å². The first-order valence-corrected chi connectivity index (χ1v) is 9.17. The molecule has 1 fully saturated rings. The van der Waals surface area contributed by atoms with E-state index in [0.29, 0.717) is 12.2 Å². The molecule has 3 heterocycles. The van der Waals surface area contributed by atoms with Crippen LogP contribution in [0.2, 0.25) is 5.02 Å². The Morgan fingerprint density at radius 2 is 2.15 bits per heavy atom. The number of halogens is 1. The maximum Gasteiger partial charge on any atom is 0.258 e. The lowest BCUT2D eigenvalue weighted by atomic mass is 10.0. The number of rotatable bonds is 3. The molecular formula is C20H21ClN4O. The molecule has 0 bridgehead atoms. The van der Waals surface area contributed by atoms with Gasteiger partial charge in [0.25, 0.3) is 5.56 Å². The van der Waals surface area contributed by atoms with Crippen LogP contribution in [0.5, 0.6) is 0 Å². The maximum atomic E-state index is 12.5. The van der Waals surface area contributed by atoms with Crippen LogP contribution < -0.4 is 10.9 Å². The molecule has 1 atom stereocenters. The van der Waals surface area contributed by atoms with Crippen molar-refractivity contribution in [2.45, 2.75) is 19.5 Å². The summed E-state index contributed by atoms with van der Waals surface area (Å²) in [5, 5.41) is 4.19. The van der Waals surface area contributed by atoms with Crippen molar-refractivity contribution >= 4 is 17.2 Å². The number of pyridine rings is 1. The quantitative estimate of drug-likeness (QED) is 0.772. The van der Waals surface area contributed by atoms with Gasteiger partial charge < -0.3 is 5.32 Å². The largest absolute Gasteiger partial charge is 0.314 e. The van der Waals surface area contributed by atoms with Crippen LogP contribution in [0.1, 0.15) is 22.9 Å². The summed E-state index contributed by atoms with van der Waals surface area (Å²) >= 11 is 6.18. The minimum atomic E-state index is -0.0388. The monoisotopic (exact) mass is 368 g/mol. The topological polar surface area (TPSA) is 49.6 Å². The van der Waals surface area contributed by atoms with Gasteiger partial charge in [-0.15, -0.1) is 0 Å². The minimum Gasteiger partial charge on any atom is -0.314 e. The molecule has 6 heteroatoms. The van der Waals surface area contributed by atoms with Crippen LogP contribution in [0, 0.1) is 6.92 Å². The highest BCUT2D eigenvalue weighted by Gasteiger charge is 2.24. The summed E-state index contributed by atoms with van der Waals surface area (Å²) in [6.07, 6.45) is 1.83. The average Bonchev–Trinajstić information content (AvgIpc) is 2.63. The standard InChI is InChI=1S/C20H21ClN4O/c1-14-5-6-19-23-17(10-20(26)25(19)12-14)13-24-8-7-22-11-18(24)15-3-2-4-16(21)9-15/h2-6,9-10,12,18,22H,7-8,11,13H2,1H3. The highest BCUT2D eigenvalue weighted by atomic mass is 35.5. The number of aryl methyl sites for hydroxylation is 1. The van der Waals surface area contributed by atoms with E-state index in [0.717, 1.165) is 35.9 Å². The molecule has 1 unspecified atom stereocenters. The molecule has 1 saturated heterocycles. The molecule has 1 aromatic carbocycles. The van der Waals surface area contributed by atoms with E-state index in [4.69, 9.17) is 16.6 Å². The lowest BCUT2D eigenvalue weighted by molar-refractivity contribution is 0.152. The van der Waals surface area contributed by atoms with Crippen LogP contribution in [0.4, 0.5) is 0 Å². The summed E-state index contributed by atoms with van der Waals surface area (Å²) in [7, 11) is 0. The Kier molecular flexibility index (Phi) is 4.76. The van der Waals surface area contributed by atoms with Crippen molar-refractivity contribution in [2.75, 3.05) is 19.6 Å². The van der Waals surface area contributed by atoms with Gasteiger partial charge in [-0.1, -0.05) is 29.8 Å². The summed E-state index contributed by atoms with van der Waals surface area (Å²) in [4.78, 5) is 19.5. The molecule has 1 aliphatic rings. The summed E-state index contributed by atoms with van der Waals surface area (Å²) in [5.74, 6) is 0. The van der Waals surface area contributed by atoms with Gasteiger partial charge in [-0.25, -0.2) is 4.98 Å². The number of benzene rings is 1. The molecule has 26 heavy (non-hydrogen) atoms. The Balaban J connectivity index is 1.65.